The summed E-state index contributed by atoms with van der Waals surface area (Å²) in [7, 11) is 1.67. The summed E-state index contributed by atoms with van der Waals surface area (Å²) in [6, 6.07) is 7.98. The SMILES string of the molecule is CCC(N)C(OCC(C)C)c1ccc(OC)cc1. The van der Waals surface area contributed by atoms with Crippen LogP contribution in [0.4, 0.5) is 0 Å². The molecule has 3 heteroatoms. The number of hydrogen-bond acceptors (Lipinski definition) is 3. The number of methoxy groups -OCH3 is 1. The molecule has 0 amide bonds. The summed E-state index contributed by atoms with van der Waals surface area (Å²) in [4.78, 5) is 0. The quantitative estimate of drug-likeness (QED) is 0.809. The first-order valence-electron chi connectivity index (χ1n) is 6.59. The third-order valence-corrected chi connectivity index (χ3v) is 2.91. The van der Waals surface area contributed by atoms with E-state index in [-0.39, 0.29) is 12.1 Å². The molecule has 2 N–H and O–H groups in total. The Kier molecular flexibility index (Phi) is 6.16. The molecule has 2 unspecified atom stereocenters. The molecule has 18 heavy (non-hydrogen) atoms. The van der Waals surface area contributed by atoms with E-state index in [0.29, 0.717) is 5.92 Å². The number of ether oxygens (including phenoxy) is 2. The van der Waals surface area contributed by atoms with Crippen molar-refractivity contribution in [1.82, 2.24) is 0 Å². The fraction of sp³-hybridized carbons (Fsp3) is 0.600. The monoisotopic (exact) mass is 251 g/mol. The van der Waals surface area contributed by atoms with Gasteiger partial charge in [-0.1, -0.05) is 32.9 Å². The van der Waals surface area contributed by atoms with Crippen molar-refractivity contribution in [3.8, 4) is 5.75 Å². The zero-order chi connectivity index (χ0) is 13.5. The van der Waals surface area contributed by atoms with Gasteiger partial charge in [-0.2, -0.15) is 0 Å². The molecule has 3 nitrogen and oxygen atoms in total. The summed E-state index contributed by atoms with van der Waals surface area (Å²) in [6.45, 7) is 7.09. The smallest absolute Gasteiger partial charge is 0.118 e. The van der Waals surface area contributed by atoms with Crippen molar-refractivity contribution in [2.24, 2.45) is 11.7 Å². The van der Waals surface area contributed by atoms with E-state index in [2.05, 4.69) is 20.8 Å². The van der Waals surface area contributed by atoms with Crippen LogP contribution >= 0.6 is 0 Å². The molecule has 0 spiro atoms. The second kappa shape index (κ2) is 7.39. The van der Waals surface area contributed by atoms with E-state index < -0.39 is 0 Å². The Labute approximate surface area is 110 Å². The Morgan fingerprint density at radius 3 is 2.22 bits per heavy atom. The standard InChI is InChI=1S/C15H25NO2/c1-5-14(16)15(18-10-11(2)3)12-6-8-13(17-4)9-7-12/h6-9,11,14-15H,5,10,16H2,1-4H3. The average Bonchev–Trinajstić information content (AvgIpc) is 2.39. The van der Waals surface area contributed by atoms with Gasteiger partial charge in [-0.25, -0.2) is 0 Å². The molecule has 1 aromatic rings. The minimum absolute atomic E-state index is 0.0251. The van der Waals surface area contributed by atoms with E-state index in [1.54, 1.807) is 7.11 Å². The highest BCUT2D eigenvalue weighted by Gasteiger charge is 2.19. The molecule has 0 fully saturated rings. The number of benzene rings is 1. The Morgan fingerprint density at radius 1 is 1.17 bits per heavy atom. The molecule has 102 valence electrons. The minimum atomic E-state index is -0.0386. The molecule has 0 aliphatic carbocycles. The molecule has 0 bridgehead atoms. The lowest BCUT2D eigenvalue weighted by Crippen LogP contribution is -2.30. The molecule has 0 radical (unpaired) electrons. The molecule has 0 heterocycles. The maximum Gasteiger partial charge on any atom is 0.118 e. The first-order valence-corrected chi connectivity index (χ1v) is 6.59. The summed E-state index contributed by atoms with van der Waals surface area (Å²) in [5.74, 6) is 1.36. The van der Waals surface area contributed by atoms with Crippen molar-refractivity contribution < 1.29 is 9.47 Å². The van der Waals surface area contributed by atoms with Crippen LogP contribution in [-0.2, 0) is 4.74 Å². The van der Waals surface area contributed by atoms with Crippen LogP contribution < -0.4 is 10.5 Å². The van der Waals surface area contributed by atoms with Crippen molar-refractivity contribution in [3.63, 3.8) is 0 Å². The molecular weight excluding hydrogens is 226 g/mol. The third kappa shape index (κ3) is 4.31. The van der Waals surface area contributed by atoms with Crippen LogP contribution in [0.15, 0.2) is 24.3 Å². The van der Waals surface area contributed by atoms with Crippen molar-refractivity contribution in [3.05, 3.63) is 29.8 Å². The molecule has 1 rings (SSSR count). The van der Waals surface area contributed by atoms with E-state index in [1.165, 1.54) is 0 Å². The summed E-state index contributed by atoms with van der Waals surface area (Å²) < 4.78 is 11.1. The van der Waals surface area contributed by atoms with Gasteiger partial charge in [0.15, 0.2) is 0 Å². The zero-order valence-electron chi connectivity index (χ0n) is 11.8. The number of hydrogen-bond donors (Lipinski definition) is 1. The fourth-order valence-electron chi connectivity index (χ4n) is 1.77. The van der Waals surface area contributed by atoms with Gasteiger partial charge in [0.1, 0.15) is 5.75 Å². The highest BCUT2D eigenvalue weighted by atomic mass is 16.5. The summed E-state index contributed by atoms with van der Waals surface area (Å²) in [6.07, 6.45) is 0.859. The second-order valence-corrected chi connectivity index (χ2v) is 4.99. The molecular formula is C15H25NO2. The predicted octanol–water partition coefficient (Wildman–Crippen LogP) is 3.15. The van der Waals surface area contributed by atoms with Crippen LogP contribution in [0, 0.1) is 5.92 Å². The van der Waals surface area contributed by atoms with E-state index >= 15 is 0 Å². The fourth-order valence-corrected chi connectivity index (χ4v) is 1.77. The lowest BCUT2D eigenvalue weighted by molar-refractivity contribution is 0.0177. The van der Waals surface area contributed by atoms with Crippen molar-refractivity contribution >= 4 is 0 Å². The van der Waals surface area contributed by atoms with Gasteiger partial charge < -0.3 is 15.2 Å². The third-order valence-electron chi connectivity index (χ3n) is 2.91. The first-order chi connectivity index (χ1) is 8.58. The van der Waals surface area contributed by atoms with Crippen molar-refractivity contribution in [1.29, 1.82) is 0 Å². The van der Waals surface area contributed by atoms with Gasteiger partial charge in [-0.3, -0.25) is 0 Å². The summed E-state index contributed by atoms with van der Waals surface area (Å²) in [5.41, 5.74) is 7.27. The van der Waals surface area contributed by atoms with E-state index in [9.17, 15) is 0 Å². The molecule has 0 aliphatic rings. The van der Waals surface area contributed by atoms with Gasteiger partial charge in [-0.15, -0.1) is 0 Å². The molecule has 0 saturated heterocycles. The largest absolute Gasteiger partial charge is 0.497 e. The number of nitrogens with two attached hydrogens (primary N) is 1. The lowest BCUT2D eigenvalue weighted by atomic mass is 10.0. The van der Waals surface area contributed by atoms with Crippen molar-refractivity contribution in [2.75, 3.05) is 13.7 Å². The molecule has 0 saturated carbocycles. The molecule has 2 atom stereocenters. The average molecular weight is 251 g/mol. The molecule has 0 aromatic heterocycles. The van der Waals surface area contributed by atoms with Crippen LogP contribution in [0.1, 0.15) is 38.9 Å². The van der Waals surface area contributed by atoms with Crippen molar-refractivity contribution in [2.45, 2.75) is 39.3 Å². The maximum atomic E-state index is 6.15. The van der Waals surface area contributed by atoms with E-state index in [0.717, 1.165) is 24.3 Å². The topological polar surface area (TPSA) is 44.5 Å². The Balaban J connectivity index is 2.79. The van der Waals surface area contributed by atoms with Gasteiger partial charge in [0.25, 0.3) is 0 Å². The lowest BCUT2D eigenvalue weighted by Gasteiger charge is -2.25. The van der Waals surface area contributed by atoms with Gasteiger partial charge in [0.05, 0.1) is 13.2 Å². The highest BCUT2D eigenvalue weighted by molar-refractivity contribution is 5.29. The Morgan fingerprint density at radius 2 is 1.78 bits per heavy atom. The van der Waals surface area contributed by atoms with Crippen LogP contribution in [0.5, 0.6) is 5.75 Å². The van der Waals surface area contributed by atoms with E-state index in [4.69, 9.17) is 15.2 Å². The van der Waals surface area contributed by atoms with Crippen LogP contribution in [0.25, 0.3) is 0 Å². The normalized spacial score (nSPS) is 14.6. The summed E-state index contributed by atoms with van der Waals surface area (Å²) in [5, 5.41) is 0. The Bertz CT molecular complexity index is 335. The maximum absolute atomic E-state index is 6.15. The van der Waals surface area contributed by atoms with Crippen LogP contribution in [0.3, 0.4) is 0 Å². The predicted molar refractivity (Wildman–Crippen MR) is 74.8 cm³/mol. The molecule has 0 aliphatic heterocycles. The van der Waals surface area contributed by atoms with E-state index in [1.807, 2.05) is 24.3 Å². The summed E-state index contributed by atoms with van der Waals surface area (Å²) >= 11 is 0. The van der Waals surface area contributed by atoms with Gasteiger partial charge in [0.2, 0.25) is 0 Å². The first kappa shape index (κ1) is 15.0. The zero-order valence-corrected chi connectivity index (χ0v) is 11.8. The van der Waals surface area contributed by atoms with Gasteiger partial charge in [0, 0.05) is 12.6 Å². The molecule has 1 aromatic carbocycles. The minimum Gasteiger partial charge on any atom is -0.497 e. The second-order valence-electron chi connectivity index (χ2n) is 4.99. The highest BCUT2D eigenvalue weighted by Crippen LogP contribution is 2.24. The Hall–Kier alpha value is -1.06. The van der Waals surface area contributed by atoms with Gasteiger partial charge >= 0.3 is 0 Å². The van der Waals surface area contributed by atoms with Crippen LogP contribution in [0.2, 0.25) is 0 Å². The van der Waals surface area contributed by atoms with Crippen LogP contribution in [-0.4, -0.2) is 19.8 Å². The number of rotatable bonds is 7. The van der Waals surface area contributed by atoms with Gasteiger partial charge in [-0.05, 0) is 30.0 Å².